The number of rotatable bonds is 5. The van der Waals surface area contributed by atoms with Crippen LogP contribution in [0.4, 0.5) is 8.78 Å². The molecular formula is C12H17F2NO4S2. The van der Waals surface area contributed by atoms with Crippen LogP contribution in [0.3, 0.4) is 0 Å². The zero-order valence-corrected chi connectivity index (χ0v) is 13.1. The van der Waals surface area contributed by atoms with E-state index in [1.165, 1.54) is 13.8 Å². The normalized spacial score (nSPS) is 33.1. The number of hydrogen-bond donors (Lipinski definition) is 3. The molecule has 0 aromatic heterocycles. The molecule has 0 saturated carbocycles. The van der Waals surface area contributed by atoms with Crippen LogP contribution in [0.15, 0.2) is 12.0 Å². The van der Waals surface area contributed by atoms with Crippen LogP contribution in [0.1, 0.15) is 13.8 Å². The first kappa shape index (κ1) is 18.5. The van der Waals surface area contributed by atoms with E-state index in [9.17, 15) is 24.1 Å². The van der Waals surface area contributed by atoms with E-state index < -0.39 is 43.1 Å². The molecule has 5 nitrogen and oxygen atoms in total. The van der Waals surface area contributed by atoms with Gasteiger partial charge in [0, 0.05) is 11.1 Å². The minimum absolute atomic E-state index is 0.0387. The number of hydrogen-bond acceptors (Lipinski definition) is 6. The van der Waals surface area contributed by atoms with Gasteiger partial charge in [0.25, 0.3) is 0 Å². The molecule has 0 aromatic rings. The molecule has 0 radical (unpaired) electrons. The Morgan fingerprint density at radius 3 is 2.29 bits per heavy atom. The van der Waals surface area contributed by atoms with Crippen molar-refractivity contribution in [1.82, 2.24) is 4.90 Å². The maximum absolute atomic E-state index is 13.7. The number of alkyl halides is 1. The number of allylic oxidation sites excluding steroid dienone is 1. The van der Waals surface area contributed by atoms with Crippen LogP contribution in [-0.4, -0.2) is 67.4 Å². The van der Waals surface area contributed by atoms with Crippen molar-refractivity contribution in [3.63, 3.8) is 0 Å². The van der Waals surface area contributed by atoms with Crippen molar-refractivity contribution in [3.05, 3.63) is 12.0 Å². The Balaban J connectivity index is 3.14. The highest BCUT2D eigenvalue weighted by Crippen LogP contribution is 2.34. The maximum Gasteiger partial charge on any atom is 0.164 e. The fourth-order valence-corrected chi connectivity index (χ4v) is 2.12. The molecule has 1 unspecified atom stereocenters. The van der Waals surface area contributed by atoms with Crippen LogP contribution in [0.5, 0.6) is 0 Å². The Hall–Kier alpha value is -0.580. The smallest absolute Gasteiger partial charge is 0.164 e. The van der Waals surface area contributed by atoms with Gasteiger partial charge in [-0.3, -0.25) is 0 Å². The minimum Gasteiger partial charge on any atom is -0.393 e. The van der Waals surface area contributed by atoms with Crippen molar-refractivity contribution >= 4 is 34.3 Å². The lowest BCUT2D eigenvalue weighted by atomic mass is 9.97. The first-order chi connectivity index (χ1) is 9.70. The number of aliphatic hydroxyl groups excluding tert-OH is 3. The molecule has 1 aliphatic heterocycles. The summed E-state index contributed by atoms with van der Waals surface area (Å²) in [6.45, 7) is 0.731. The van der Waals surface area contributed by atoms with Gasteiger partial charge in [0.05, 0.1) is 11.6 Å². The lowest BCUT2D eigenvalue weighted by molar-refractivity contribution is -0.138. The fraction of sp³-hybridized carbons (Fsp3) is 0.667. The van der Waals surface area contributed by atoms with Crippen LogP contribution in [0, 0.1) is 0 Å². The summed E-state index contributed by atoms with van der Waals surface area (Å²) in [6.07, 6.45) is -3.68. The van der Waals surface area contributed by atoms with E-state index in [1.807, 2.05) is 0 Å². The molecular weight excluding hydrogens is 324 g/mol. The molecule has 0 aliphatic carbocycles. The highest BCUT2D eigenvalue weighted by atomic mass is 32.1. The number of nitrogens with zero attached hydrogens (tertiary/aromatic N) is 1. The molecule has 0 spiro atoms. The van der Waals surface area contributed by atoms with Gasteiger partial charge < -0.3 is 25.0 Å². The topological polar surface area (TPSA) is 73.2 Å². The van der Waals surface area contributed by atoms with Crippen LogP contribution in [0.25, 0.3) is 0 Å². The molecule has 1 saturated heterocycles. The molecule has 21 heavy (non-hydrogen) atoms. The van der Waals surface area contributed by atoms with E-state index in [2.05, 4.69) is 12.2 Å². The van der Waals surface area contributed by atoms with Gasteiger partial charge in [-0.2, -0.15) is 0 Å². The zero-order valence-electron chi connectivity index (χ0n) is 11.5. The predicted octanol–water partition coefficient (Wildman–Crippen LogP) is 0.615. The number of thiocarbonyl (C=S) groups is 2. The summed E-state index contributed by atoms with van der Waals surface area (Å²) in [5.74, 6) is -0.777. The second-order valence-electron chi connectivity index (χ2n) is 4.76. The van der Waals surface area contributed by atoms with Gasteiger partial charge in [0.1, 0.15) is 18.9 Å². The number of aliphatic hydroxyl groups is 3. The number of halogens is 2. The Morgan fingerprint density at radius 1 is 1.38 bits per heavy atom. The van der Waals surface area contributed by atoms with Crippen molar-refractivity contribution in [1.29, 1.82) is 0 Å². The molecule has 1 aliphatic rings. The molecule has 1 heterocycles. The molecule has 4 atom stereocenters. The standard InChI is InChI=1S/C12H17F2NO4S2/c1-6(20)8(14)3-15(7(2)21)11-9(17)10(18)12(4-13,5-16)19-11/h3,9-11,16-18H,4-5H2,1-2H3/b8-3+/t9-,10?,11+,12+/m0/s1. The molecule has 3 N–H and O–H groups in total. The van der Waals surface area contributed by atoms with Crippen molar-refractivity contribution in [2.24, 2.45) is 0 Å². The maximum atomic E-state index is 13.7. The van der Waals surface area contributed by atoms with Crippen molar-refractivity contribution < 1.29 is 28.8 Å². The third kappa shape index (κ3) is 3.61. The van der Waals surface area contributed by atoms with E-state index in [0.29, 0.717) is 0 Å². The molecule has 1 rings (SSSR count). The van der Waals surface area contributed by atoms with Crippen LogP contribution >= 0.6 is 24.4 Å². The minimum atomic E-state index is -1.97. The zero-order chi connectivity index (χ0) is 16.4. The van der Waals surface area contributed by atoms with Crippen molar-refractivity contribution in [2.45, 2.75) is 37.9 Å². The highest BCUT2D eigenvalue weighted by Gasteiger charge is 2.56. The van der Waals surface area contributed by atoms with E-state index in [0.717, 1.165) is 11.1 Å². The lowest BCUT2D eigenvalue weighted by Crippen LogP contribution is -2.48. The Bertz CT molecular complexity index is 457. The summed E-state index contributed by atoms with van der Waals surface area (Å²) in [5.41, 5.74) is -1.97. The van der Waals surface area contributed by atoms with Gasteiger partial charge in [0.15, 0.2) is 17.7 Å². The van der Waals surface area contributed by atoms with E-state index >= 15 is 0 Å². The van der Waals surface area contributed by atoms with Crippen LogP contribution in [0.2, 0.25) is 0 Å². The average molecular weight is 341 g/mol. The third-order valence-electron chi connectivity index (χ3n) is 3.23. The first-order valence-corrected chi connectivity index (χ1v) is 6.89. The van der Waals surface area contributed by atoms with Gasteiger partial charge in [-0.1, -0.05) is 24.4 Å². The Morgan fingerprint density at radius 2 is 1.95 bits per heavy atom. The second kappa shape index (κ2) is 7.12. The van der Waals surface area contributed by atoms with Crippen LogP contribution in [-0.2, 0) is 4.74 Å². The fourth-order valence-electron chi connectivity index (χ4n) is 1.91. The quantitative estimate of drug-likeness (QED) is 0.500. The monoisotopic (exact) mass is 341 g/mol. The molecule has 0 aromatic carbocycles. The predicted molar refractivity (Wildman–Crippen MR) is 80.3 cm³/mol. The Labute approximate surface area is 131 Å². The summed E-state index contributed by atoms with van der Waals surface area (Å²) in [7, 11) is 0. The summed E-state index contributed by atoms with van der Waals surface area (Å²) < 4.78 is 32.0. The average Bonchev–Trinajstić information content (AvgIpc) is 2.69. The van der Waals surface area contributed by atoms with Crippen molar-refractivity contribution in [2.75, 3.05) is 13.3 Å². The SMILES string of the molecule is CC(=S)/C(F)=C\N(C(C)=S)[C@@H]1O[C@@](CO)(CF)C(O)[C@@H]1O. The van der Waals surface area contributed by atoms with Crippen LogP contribution < -0.4 is 0 Å². The van der Waals surface area contributed by atoms with Gasteiger partial charge in [0.2, 0.25) is 0 Å². The number of ether oxygens (including phenoxy) is 1. The molecule has 1 fully saturated rings. The summed E-state index contributed by atoms with van der Waals surface area (Å²) >= 11 is 9.62. The largest absolute Gasteiger partial charge is 0.393 e. The van der Waals surface area contributed by atoms with Gasteiger partial charge in [-0.15, -0.1) is 0 Å². The van der Waals surface area contributed by atoms with E-state index in [1.54, 1.807) is 0 Å². The third-order valence-corrected chi connectivity index (χ3v) is 3.64. The molecule has 0 bridgehead atoms. The second-order valence-corrected chi connectivity index (χ2v) is 5.96. The van der Waals surface area contributed by atoms with Gasteiger partial charge in [-0.25, -0.2) is 8.78 Å². The molecule has 0 amide bonds. The van der Waals surface area contributed by atoms with E-state index in [-0.39, 0.29) is 9.85 Å². The summed E-state index contributed by atoms with van der Waals surface area (Å²) in [6, 6.07) is 0. The highest BCUT2D eigenvalue weighted by molar-refractivity contribution is 7.80. The van der Waals surface area contributed by atoms with Gasteiger partial charge in [-0.05, 0) is 13.8 Å². The first-order valence-electron chi connectivity index (χ1n) is 6.08. The Kier molecular flexibility index (Phi) is 6.26. The van der Waals surface area contributed by atoms with Gasteiger partial charge >= 0.3 is 0 Å². The summed E-state index contributed by atoms with van der Waals surface area (Å²) in [4.78, 5) is 1.11. The summed E-state index contributed by atoms with van der Waals surface area (Å²) in [5, 5.41) is 29.1. The van der Waals surface area contributed by atoms with E-state index in [4.69, 9.17) is 17.0 Å². The van der Waals surface area contributed by atoms with Crippen molar-refractivity contribution in [3.8, 4) is 0 Å². The molecule has 9 heteroatoms. The molecule has 120 valence electrons. The lowest BCUT2D eigenvalue weighted by Gasteiger charge is -2.30.